The van der Waals surface area contributed by atoms with Gasteiger partial charge in [-0.15, -0.1) is 23.1 Å². The van der Waals surface area contributed by atoms with Gasteiger partial charge < -0.3 is 10.1 Å². The molecule has 1 fully saturated rings. The van der Waals surface area contributed by atoms with E-state index in [-0.39, 0.29) is 23.9 Å². The van der Waals surface area contributed by atoms with E-state index in [0.717, 1.165) is 38.0 Å². The first-order valence-corrected chi connectivity index (χ1v) is 20.2. The lowest BCUT2D eigenvalue weighted by molar-refractivity contribution is -0.154. The summed E-state index contributed by atoms with van der Waals surface area (Å²) < 4.78 is 7.07. The van der Waals surface area contributed by atoms with Crippen molar-refractivity contribution in [1.82, 2.24) is 20.2 Å². The highest BCUT2D eigenvalue weighted by Crippen LogP contribution is 2.47. The van der Waals surface area contributed by atoms with Crippen LogP contribution in [0.5, 0.6) is 0 Å². The molecule has 4 aromatic carbocycles. The standard InChI is InChI=1S/C43H34N4O4S3/c48-36(24-29-15-7-2-8-16-29)46-37-40(49)47-38(42(50)51-39(30-17-9-3-10-18-30)31-19-11-4-12-20-31)35(27-52-41(37)47)54-43-45-34(26-53-43)32-21-22-44-33(25-32)23-28-13-5-1-6-14-28/h1-22,25-26,37,39,41H,23-24,27H2,(H,46,48). The van der Waals surface area contributed by atoms with Gasteiger partial charge in [-0.1, -0.05) is 133 Å². The zero-order valence-electron chi connectivity index (χ0n) is 28.9. The summed E-state index contributed by atoms with van der Waals surface area (Å²) in [5, 5.41) is 4.46. The minimum absolute atomic E-state index is 0.154. The number of thioether (sulfide) groups is 2. The van der Waals surface area contributed by atoms with Gasteiger partial charge in [0.15, 0.2) is 10.4 Å². The van der Waals surface area contributed by atoms with Gasteiger partial charge in [0.2, 0.25) is 5.91 Å². The van der Waals surface area contributed by atoms with Crippen LogP contribution in [0.2, 0.25) is 0 Å². The van der Waals surface area contributed by atoms with Gasteiger partial charge in [0, 0.05) is 39.9 Å². The number of benzene rings is 4. The van der Waals surface area contributed by atoms with Crippen LogP contribution < -0.4 is 5.32 Å². The molecule has 1 saturated heterocycles. The van der Waals surface area contributed by atoms with Gasteiger partial charge in [-0.05, 0) is 34.4 Å². The number of rotatable bonds is 12. The second-order valence-electron chi connectivity index (χ2n) is 12.8. The van der Waals surface area contributed by atoms with Crippen LogP contribution in [-0.4, -0.2) is 49.8 Å². The fourth-order valence-electron chi connectivity index (χ4n) is 6.49. The van der Waals surface area contributed by atoms with Crippen molar-refractivity contribution in [3.8, 4) is 11.3 Å². The average molecular weight is 767 g/mol. The smallest absolute Gasteiger partial charge is 0.356 e. The number of nitrogens with one attached hydrogen (secondary N) is 1. The van der Waals surface area contributed by atoms with Crippen LogP contribution >= 0.6 is 34.9 Å². The Balaban J connectivity index is 1.07. The van der Waals surface area contributed by atoms with Gasteiger partial charge in [-0.25, -0.2) is 9.78 Å². The number of carbonyl (C=O) groups excluding carboxylic acids is 3. The molecule has 6 aromatic rings. The summed E-state index contributed by atoms with van der Waals surface area (Å²) in [6, 6.07) is 42.0. The maximum absolute atomic E-state index is 14.5. The number of esters is 1. The van der Waals surface area contributed by atoms with Crippen LogP contribution in [0.1, 0.15) is 34.1 Å². The van der Waals surface area contributed by atoms with Crippen molar-refractivity contribution < 1.29 is 19.1 Å². The largest absolute Gasteiger partial charge is 0.448 e. The fourth-order valence-corrected chi connectivity index (χ4v) is 9.95. The van der Waals surface area contributed by atoms with Crippen LogP contribution in [0.25, 0.3) is 11.3 Å². The van der Waals surface area contributed by atoms with E-state index in [1.165, 1.54) is 45.3 Å². The molecule has 8 rings (SSSR count). The maximum Gasteiger partial charge on any atom is 0.356 e. The molecule has 2 aromatic heterocycles. The molecule has 2 aliphatic rings. The van der Waals surface area contributed by atoms with E-state index in [1.807, 2.05) is 121 Å². The Morgan fingerprint density at radius 1 is 0.852 bits per heavy atom. The average Bonchev–Trinajstić information content (AvgIpc) is 3.69. The highest BCUT2D eigenvalue weighted by Gasteiger charge is 2.55. The van der Waals surface area contributed by atoms with E-state index in [2.05, 4.69) is 28.5 Å². The predicted octanol–water partition coefficient (Wildman–Crippen LogP) is 8.08. The summed E-state index contributed by atoms with van der Waals surface area (Å²) in [5.74, 6) is -0.780. The molecule has 0 radical (unpaired) electrons. The highest BCUT2D eigenvalue weighted by atomic mass is 32.2. The molecular formula is C43H34N4O4S3. The topological polar surface area (TPSA) is 101 Å². The minimum Gasteiger partial charge on any atom is -0.448 e. The Bertz CT molecular complexity index is 2260. The van der Waals surface area contributed by atoms with Gasteiger partial charge >= 0.3 is 5.97 Å². The molecule has 8 nitrogen and oxygen atoms in total. The summed E-state index contributed by atoms with van der Waals surface area (Å²) in [7, 11) is 0. The normalized spacial score (nSPS) is 16.5. The molecule has 11 heteroatoms. The second-order valence-corrected chi connectivity index (χ2v) is 16.1. The number of amides is 2. The molecule has 0 spiro atoms. The number of thiazole rings is 1. The number of nitrogens with zero attached hydrogens (tertiary/aromatic N) is 3. The van der Waals surface area contributed by atoms with Gasteiger partial charge in [0.1, 0.15) is 17.1 Å². The Kier molecular flexibility index (Phi) is 10.7. The second kappa shape index (κ2) is 16.3. The number of pyridine rings is 1. The zero-order chi connectivity index (χ0) is 36.9. The van der Waals surface area contributed by atoms with Crippen LogP contribution in [0.4, 0.5) is 0 Å². The number of β-lactam (4-membered cyclic amide) rings is 1. The summed E-state index contributed by atoms with van der Waals surface area (Å²) in [6.07, 6.45) is 1.96. The van der Waals surface area contributed by atoms with Crippen LogP contribution in [0.3, 0.4) is 0 Å². The first-order valence-electron chi connectivity index (χ1n) is 17.4. The first kappa shape index (κ1) is 35.5. The minimum atomic E-state index is -0.761. The third-order valence-electron chi connectivity index (χ3n) is 9.11. The van der Waals surface area contributed by atoms with E-state index in [9.17, 15) is 14.4 Å². The van der Waals surface area contributed by atoms with Gasteiger partial charge in [-0.3, -0.25) is 19.5 Å². The molecule has 1 N–H and O–H groups in total. The number of aromatic nitrogens is 2. The predicted molar refractivity (Wildman–Crippen MR) is 213 cm³/mol. The maximum atomic E-state index is 14.5. The molecule has 2 aliphatic heterocycles. The molecule has 268 valence electrons. The van der Waals surface area contributed by atoms with Gasteiger partial charge in [-0.2, -0.15) is 0 Å². The van der Waals surface area contributed by atoms with Crippen molar-refractivity contribution in [3.05, 3.63) is 184 Å². The van der Waals surface area contributed by atoms with E-state index in [1.54, 1.807) is 6.20 Å². The molecule has 54 heavy (non-hydrogen) atoms. The monoisotopic (exact) mass is 766 g/mol. The van der Waals surface area contributed by atoms with Gasteiger partial charge in [0.05, 0.1) is 12.1 Å². The van der Waals surface area contributed by atoms with E-state index < -0.39 is 23.5 Å². The molecule has 0 saturated carbocycles. The third-order valence-corrected chi connectivity index (χ3v) is 12.6. The number of hydrogen-bond donors (Lipinski definition) is 1. The highest BCUT2D eigenvalue weighted by molar-refractivity contribution is 8.07. The van der Waals surface area contributed by atoms with E-state index >= 15 is 0 Å². The third kappa shape index (κ3) is 7.89. The van der Waals surface area contributed by atoms with Crippen molar-refractivity contribution in [2.75, 3.05) is 5.75 Å². The number of ether oxygens (including phenoxy) is 1. The number of carbonyl (C=O) groups is 3. The van der Waals surface area contributed by atoms with Gasteiger partial charge in [0.25, 0.3) is 5.91 Å². The van der Waals surface area contributed by atoms with Crippen molar-refractivity contribution >= 4 is 52.6 Å². The van der Waals surface area contributed by atoms with Crippen LogP contribution in [-0.2, 0) is 32.0 Å². The number of hydrogen-bond acceptors (Lipinski definition) is 9. The van der Waals surface area contributed by atoms with E-state index in [4.69, 9.17) is 9.72 Å². The summed E-state index contributed by atoms with van der Waals surface area (Å²) in [6.45, 7) is 0. The molecule has 4 heterocycles. The Labute approximate surface area is 325 Å². The number of fused-ring (bicyclic) bond motifs is 1. The summed E-state index contributed by atoms with van der Waals surface area (Å²) >= 11 is 4.36. The molecule has 2 atom stereocenters. The van der Waals surface area contributed by atoms with Crippen molar-refractivity contribution in [2.45, 2.75) is 34.7 Å². The van der Waals surface area contributed by atoms with Crippen LogP contribution in [0, 0.1) is 0 Å². The first-order chi connectivity index (χ1) is 26.5. The van der Waals surface area contributed by atoms with Crippen molar-refractivity contribution in [2.24, 2.45) is 0 Å². The van der Waals surface area contributed by atoms with Crippen LogP contribution in [0.15, 0.2) is 160 Å². The van der Waals surface area contributed by atoms with Crippen molar-refractivity contribution in [3.63, 3.8) is 0 Å². The van der Waals surface area contributed by atoms with E-state index in [0.29, 0.717) is 17.1 Å². The molecule has 2 amide bonds. The lowest BCUT2D eigenvalue weighted by atomic mass is 10.0. The fraction of sp³-hybridized carbons (Fsp3) is 0.140. The Morgan fingerprint density at radius 3 is 2.15 bits per heavy atom. The molecule has 0 aliphatic carbocycles. The molecule has 2 unspecified atom stereocenters. The quantitative estimate of drug-likeness (QED) is 0.0987. The molecular weight excluding hydrogens is 733 g/mol. The lowest BCUT2D eigenvalue weighted by Gasteiger charge is -2.49. The Hall–Kier alpha value is -5.49. The molecule has 0 bridgehead atoms. The van der Waals surface area contributed by atoms with Crippen molar-refractivity contribution in [1.29, 1.82) is 0 Å². The zero-order valence-corrected chi connectivity index (χ0v) is 31.4. The summed E-state index contributed by atoms with van der Waals surface area (Å²) in [4.78, 5) is 53.1. The summed E-state index contributed by atoms with van der Waals surface area (Å²) in [5.41, 5.74) is 6.53. The lowest BCUT2D eigenvalue weighted by Crippen LogP contribution is -2.70. The Morgan fingerprint density at radius 2 is 1.48 bits per heavy atom. The SMILES string of the molecule is O=C(Cc1ccccc1)NC1C(=O)N2C(C(=O)OC(c3ccccc3)c3ccccc3)=C(Sc3nc(-c4ccnc(Cc5ccccc5)c4)cs3)CSC12.